The molecule has 1 aliphatic heterocycles. The minimum absolute atomic E-state index is 0. The van der Waals surface area contributed by atoms with Crippen LogP contribution in [0, 0.1) is 5.92 Å². The highest BCUT2D eigenvalue weighted by atomic mass is 35.5. The van der Waals surface area contributed by atoms with Gasteiger partial charge in [-0.05, 0) is 42.4 Å². The molecule has 86 valence electrons. The Morgan fingerprint density at radius 3 is 2.93 bits per heavy atom. The van der Waals surface area contributed by atoms with Gasteiger partial charge in [0.2, 0.25) is 0 Å². The molecule has 2 nitrogen and oxygen atoms in total. The molecule has 0 amide bonds. The van der Waals surface area contributed by atoms with Gasteiger partial charge in [-0.1, -0.05) is 11.6 Å². The Kier molecular flexibility index (Phi) is 5.36. The van der Waals surface area contributed by atoms with Crippen LogP contribution in [0.5, 0.6) is 0 Å². The second-order valence-electron chi connectivity index (χ2n) is 3.85. The Hall–Kier alpha value is 0.200. The van der Waals surface area contributed by atoms with Crippen LogP contribution in [0.4, 0.5) is 0 Å². The molecule has 2 N–H and O–H groups in total. The average molecular weight is 267 g/mol. The highest BCUT2D eigenvalue weighted by Gasteiger charge is 2.21. The lowest BCUT2D eigenvalue weighted by molar-refractivity contribution is 0.318. The lowest BCUT2D eigenvalue weighted by Gasteiger charge is -2.14. The first-order valence-corrected chi connectivity index (χ1v) is 6.19. The molecule has 2 rings (SSSR count). The average Bonchev–Trinajstić information content (AvgIpc) is 2.77. The van der Waals surface area contributed by atoms with Crippen LogP contribution in [0.1, 0.15) is 12.0 Å². The molecule has 1 aromatic heterocycles. The molecule has 1 atom stereocenters. The van der Waals surface area contributed by atoms with Crippen LogP contribution in [0.15, 0.2) is 11.4 Å². The second kappa shape index (κ2) is 6.06. The van der Waals surface area contributed by atoms with Gasteiger partial charge < -0.3 is 5.73 Å². The second-order valence-corrected chi connectivity index (χ2v) is 5.36. The molecule has 1 fully saturated rings. The molecule has 1 saturated heterocycles. The number of thiophene rings is 1. The van der Waals surface area contributed by atoms with E-state index in [2.05, 4.69) is 11.0 Å². The van der Waals surface area contributed by atoms with Gasteiger partial charge in [0.1, 0.15) is 0 Å². The van der Waals surface area contributed by atoms with E-state index in [1.165, 1.54) is 12.0 Å². The van der Waals surface area contributed by atoms with E-state index in [1.54, 1.807) is 11.3 Å². The molecule has 0 spiro atoms. The largest absolute Gasteiger partial charge is 0.330 e. The van der Waals surface area contributed by atoms with Crippen molar-refractivity contribution in [1.29, 1.82) is 0 Å². The fourth-order valence-electron chi connectivity index (χ4n) is 1.92. The van der Waals surface area contributed by atoms with Crippen molar-refractivity contribution in [3.05, 3.63) is 21.3 Å². The molecule has 1 aliphatic rings. The maximum Gasteiger partial charge on any atom is 0.0973 e. The van der Waals surface area contributed by atoms with Crippen molar-refractivity contribution in [2.24, 2.45) is 11.7 Å². The van der Waals surface area contributed by atoms with Gasteiger partial charge >= 0.3 is 0 Å². The van der Waals surface area contributed by atoms with Crippen LogP contribution in [-0.2, 0) is 6.54 Å². The van der Waals surface area contributed by atoms with Crippen molar-refractivity contribution in [2.75, 3.05) is 19.6 Å². The predicted molar refractivity (Wildman–Crippen MR) is 69.0 cm³/mol. The molecule has 0 radical (unpaired) electrons. The summed E-state index contributed by atoms with van der Waals surface area (Å²) in [6.07, 6.45) is 1.23. The number of hydrogen-bond acceptors (Lipinski definition) is 3. The summed E-state index contributed by atoms with van der Waals surface area (Å²) in [7, 11) is 0. The first kappa shape index (κ1) is 13.3. The fourth-order valence-corrected chi connectivity index (χ4v) is 2.83. The third kappa shape index (κ3) is 3.33. The van der Waals surface area contributed by atoms with Crippen molar-refractivity contribution < 1.29 is 0 Å². The summed E-state index contributed by atoms with van der Waals surface area (Å²) in [5.74, 6) is 0.687. The topological polar surface area (TPSA) is 29.3 Å². The van der Waals surface area contributed by atoms with E-state index >= 15 is 0 Å². The SMILES string of the molecule is Cl.NCC1CCN(Cc2ccsc2Cl)C1. The minimum atomic E-state index is 0. The highest BCUT2D eigenvalue weighted by molar-refractivity contribution is 7.14. The van der Waals surface area contributed by atoms with Crippen LogP contribution in [0.3, 0.4) is 0 Å². The summed E-state index contributed by atoms with van der Waals surface area (Å²) in [6, 6.07) is 2.11. The normalized spacial score (nSPS) is 21.6. The Labute approximate surface area is 106 Å². The quantitative estimate of drug-likeness (QED) is 0.912. The number of likely N-dealkylation sites (tertiary alicyclic amines) is 1. The van der Waals surface area contributed by atoms with E-state index in [1.807, 2.05) is 5.38 Å². The van der Waals surface area contributed by atoms with Crippen molar-refractivity contribution in [3.8, 4) is 0 Å². The van der Waals surface area contributed by atoms with E-state index in [0.29, 0.717) is 5.92 Å². The summed E-state index contributed by atoms with van der Waals surface area (Å²) in [4.78, 5) is 2.44. The summed E-state index contributed by atoms with van der Waals surface area (Å²) in [6.45, 7) is 4.09. The van der Waals surface area contributed by atoms with E-state index in [4.69, 9.17) is 17.3 Å². The molecule has 0 aromatic carbocycles. The van der Waals surface area contributed by atoms with Crippen molar-refractivity contribution in [3.63, 3.8) is 0 Å². The fraction of sp³-hybridized carbons (Fsp3) is 0.600. The van der Waals surface area contributed by atoms with Crippen molar-refractivity contribution in [1.82, 2.24) is 4.90 Å². The molecular formula is C10H16Cl2N2S. The lowest BCUT2D eigenvalue weighted by Crippen LogP contribution is -2.22. The van der Waals surface area contributed by atoms with Crippen LogP contribution in [0.2, 0.25) is 4.34 Å². The first-order chi connectivity index (χ1) is 6.79. The van der Waals surface area contributed by atoms with Gasteiger partial charge in [-0.3, -0.25) is 4.90 Å². The smallest absolute Gasteiger partial charge is 0.0973 e. The summed E-state index contributed by atoms with van der Waals surface area (Å²) < 4.78 is 0.932. The number of nitrogens with two attached hydrogens (primary N) is 1. The molecule has 0 bridgehead atoms. The molecule has 15 heavy (non-hydrogen) atoms. The van der Waals surface area contributed by atoms with Gasteiger partial charge in [0.15, 0.2) is 0 Å². The monoisotopic (exact) mass is 266 g/mol. The Balaban J connectivity index is 0.00000112. The van der Waals surface area contributed by atoms with Crippen LogP contribution in [0.25, 0.3) is 0 Å². The number of rotatable bonds is 3. The third-order valence-electron chi connectivity index (χ3n) is 2.79. The third-order valence-corrected chi connectivity index (χ3v) is 4.04. The molecule has 0 aliphatic carbocycles. The van der Waals surface area contributed by atoms with Crippen LogP contribution in [-0.4, -0.2) is 24.5 Å². The molecule has 1 aromatic rings. The molecular weight excluding hydrogens is 251 g/mol. The summed E-state index contributed by atoms with van der Waals surface area (Å²) in [5, 5.41) is 2.05. The highest BCUT2D eigenvalue weighted by Crippen LogP contribution is 2.26. The zero-order chi connectivity index (χ0) is 9.97. The van der Waals surface area contributed by atoms with E-state index in [-0.39, 0.29) is 12.4 Å². The Bertz CT molecular complexity index is 303. The maximum absolute atomic E-state index is 6.06. The van der Waals surface area contributed by atoms with E-state index < -0.39 is 0 Å². The van der Waals surface area contributed by atoms with Gasteiger partial charge in [0.25, 0.3) is 0 Å². The number of halogens is 2. The number of hydrogen-bond donors (Lipinski definition) is 1. The standard InChI is InChI=1S/C10H15ClN2S.ClH/c11-10-9(2-4-14-10)7-13-3-1-8(5-12)6-13;/h2,4,8H,1,3,5-7,12H2;1H. The van der Waals surface area contributed by atoms with Crippen LogP contribution >= 0.6 is 35.3 Å². The zero-order valence-electron chi connectivity index (χ0n) is 8.49. The minimum Gasteiger partial charge on any atom is -0.330 e. The van der Waals surface area contributed by atoms with Gasteiger partial charge in [0.05, 0.1) is 4.34 Å². The molecule has 1 unspecified atom stereocenters. The Morgan fingerprint density at radius 2 is 2.40 bits per heavy atom. The van der Waals surface area contributed by atoms with Gasteiger partial charge in [-0.25, -0.2) is 0 Å². The van der Waals surface area contributed by atoms with Crippen molar-refractivity contribution in [2.45, 2.75) is 13.0 Å². The van der Waals surface area contributed by atoms with Gasteiger partial charge in [-0.2, -0.15) is 0 Å². The van der Waals surface area contributed by atoms with Crippen LogP contribution < -0.4 is 5.73 Å². The van der Waals surface area contributed by atoms with Gasteiger partial charge in [0, 0.05) is 13.1 Å². The summed E-state index contributed by atoms with van der Waals surface area (Å²) in [5.41, 5.74) is 6.91. The Morgan fingerprint density at radius 1 is 1.60 bits per heavy atom. The van der Waals surface area contributed by atoms with E-state index in [9.17, 15) is 0 Å². The molecule has 0 saturated carbocycles. The number of nitrogens with zero attached hydrogens (tertiary/aromatic N) is 1. The van der Waals surface area contributed by atoms with Crippen molar-refractivity contribution >= 4 is 35.3 Å². The predicted octanol–water partition coefficient (Wildman–Crippen LogP) is 2.60. The molecule has 5 heteroatoms. The lowest BCUT2D eigenvalue weighted by atomic mass is 10.1. The van der Waals surface area contributed by atoms with E-state index in [0.717, 1.165) is 30.5 Å². The first-order valence-electron chi connectivity index (χ1n) is 4.94. The summed E-state index contributed by atoms with van der Waals surface area (Å²) >= 11 is 7.66. The maximum atomic E-state index is 6.06. The molecule has 2 heterocycles. The van der Waals surface area contributed by atoms with Gasteiger partial charge in [-0.15, -0.1) is 23.7 Å². The zero-order valence-corrected chi connectivity index (χ0v) is 10.9.